The highest BCUT2D eigenvalue weighted by atomic mass is 16.5. The van der Waals surface area contributed by atoms with Crippen molar-refractivity contribution in [2.45, 2.75) is 40.0 Å². The molecule has 3 rings (SSSR count). The molecule has 2 heteroatoms. The average molecular weight is 258 g/mol. The van der Waals surface area contributed by atoms with Crippen molar-refractivity contribution in [3.05, 3.63) is 29.8 Å². The molecule has 1 fully saturated rings. The number of ketones is 1. The van der Waals surface area contributed by atoms with Gasteiger partial charge < -0.3 is 4.74 Å². The number of rotatable bonds is 2. The highest BCUT2D eigenvalue weighted by Crippen LogP contribution is 2.69. The molecule has 0 N–H and O–H groups in total. The molecular formula is C17H22O2. The van der Waals surface area contributed by atoms with Gasteiger partial charge in [0.25, 0.3) is 0 Å². The topological polar surface area (TPSA) is 26.3 Å². The molecule has 1 saturated carbocycles. The number of hydrogen-bond acceptors (Lipinski definition) is 2. The molecule has 1 atom stereocenters. The molecule has 1 unspecified atom stereocenters. The summed E-state index contributed by atoms with van der Waals surface area (Å²) in [5.74, 6) is 1.50. The molecule has 1 aliphatic heterocycles. The maximum atomic E-state index is 12.9. The van der Waals surface area contributed by atoms with Crippen LogP contribution in [0.4, 0.5) is 0 Å². The lowest BCUT2D eigenvalue weighted by Crippen LogP contribution is -2.24. The normalized spacial score (nSPS) is 27.3. The van der Waals surface area contributed by atoms with Crippen LogP contribution in [0.2, 0.25) is 0 Å². The Labute approximate surface area is 115 Å². The molecule has 0 bridgehead atoms. The van der Waals surface area contributed by atoms with E-state index >= 15 is 0 Å². The van der Waals surface area contributed by atoms with Gasteiger partial charge in [-0.15, -0.1) is 0 Å². The number of ether oxygens (including phenoxy) is 1. The first-order chi connectivity index (χ1) is 8.87. The predicted octanol–water partition coefficient (Wildman–Crippen LogP) is 3.80. The van der Waals surface area contributed by atoms with Gasteiger partial charge >= 0.3 is 0 Å². The Hall–Kier alpha value is -1.31. The van der Waals surface area contributed by atoms with Gasteiger partial charge in [0.2, 0.25) is 0 Å². The number of hydrogen-bond donors (Lipinski definition) is 0. The maximum absolute atomic E-state index is 12.9. The Morgan fingerprint density at radius 3 is 2.42 bits per heavy atom. The first-order valence-corrected chi connectivity index (χ1v) is 7.13. The number of carbonyl (C=O) groups excluding carboxylic acids is 1. The Morgan fingerprint density at radius 1 is 1.16 bits per heavy atom. The molecule has 0 spiro atoms. The summed E-state index contributed by atoms with van der Waals surface area (Å²) in [6.45, 7) is 9.49. The first-order valence-electron chi connectivity index (χ1n) is 7.13. The fourth-order valence-corrected chi connectivity index (χ4v) is 3.75. The molecule has 1 aromatic carbocycles. The largest absolute Gasteiger partial charge is 0.493 e. The van der Waals surface area contributed by atoms with Crippen molar-refractivity contribution in [1.82, 2.24) is 0 Å². The monoisotopic (exact) mass is 258 g/mol. The van der Waals surface area contributed by atoms with E-state index in [1.165, 1.54) is 0 Å². The fourth-order valence-electron chi connectivity index (χ4n) is 3.75. The second kappa shape index (κ2) is 3.84. The lowest BCUT2D eigenvalue weighted by Gasteiger charge is -2.25. The van der Waals surface area contributed by atoms with Crippen molar-refractivity contribution in [3.63, 3.8) is 0 Å². The van der Waals surface area contributed by atoms with Crippen LogP contribution in [-0.2, 0) is 4.79 Å². The Kier molecular flexibility index (Phi) is 2.57. The first kappa shape index (κ1) is 12.7. The molecule has 1 aromatic rings. The summed E-state index contributed by atoms with van der Waals surface area (Å²) >= 11 is 0. The van der Waals surface area contributed by atoms with Gasteiger partial charge in [0.15, 0.2) is 0 Å². The Balaban J connectivity index is 1.92. The zero-order valence-corrected chi connectivity index (χ0v) is 12.2. The van der Waals surface area contributed by atoms with Crippen molar-refractivity contribution < 1.29 is 9.53 Å². The minimum Gasteiger partial charge on any atom is -0.493 e. The van der Waals surface area contributed by atoms with E-state index < -0.39 is 0 Å². The van der Waals surface area contributed by atoms with E-state index in [0.717, 1.165) is 17.7 Å². The van der Waals surface area contributed by atoms with Gasteiger partial charge in [0, 0.05) is 17.4 Å². The maximum Gasteiger partial charge on any atom is 0.144 e. The standard InChI is InChI=1S/C17H22O2/c1-16(2)15(17(16,3)4)14(18)12-9-10-19-13-8-6-5-7-11(12)13/h5-8,12,15H,9-10H2,1-4H3. The van der Waals surface area contributed by atoms with Crippen LogP contribution in [0.1, 0.15) is 45.6 Å². The van der Waals surface area contributed by atoms with Crippen molar-refractivity contribution in [1.29, 1.82) is 0 Å². The molecule has 0 saturated heterocycles. The molecule has 0 radical (unpaired) electrons. The second-order valence-electron chi connectivity index (χ2n) is 7.01. The summed E-state index contributed by atoms with van der Waals surface area (Å²) in [7, 11) is 0. The van der Waals surface area contributed by atoms with Crippen LogP contribution < -0.4 is 4.74 Å². The van der Waals surface area contributed by atoms with Gasteiger partial charge in [-0.1, -0.05) is 45.9 Å². The summed E-state index contributed by atoms with van der Waals surface area (Å²) in [5.41, 5.74) is 1.33. The van der Waals surface area contributed by atoms with Crippen LogP contribution in [0.3, 0.4) is 0 Å². The minimum absolute atomic E-state index is 0.0241. The number of fused-ring (bicyclic) bond motifs is 1. The van der Waals surface area contributed by atoms with E-state index in [1.807, 2.05) is 24.3 Å². The van der Waals surface area contributed by atoms with E-state index in [2.05, 4.69) is 27.7 Å². The zero-order chi connectivity index (χ0) is 13.8. The van der Waals surface area contributed by atoms with Gasteiger partial charge in [-0.3, -0.25) is 4.79 Å². The summed E-state index contributed by atoms with van der Waals surface area (Å²) in [4.78, 5) is 12.9. The molecule has 0 aromatic heterocycles. The lowest BCUT2D eigenvalue weighted by molar-refractivity contribution is -0.123. The minimum atomic E-state index is 0.0241. The van der Waals surface area contributed by atoms with Gasteiger partial charge in [-0.05, 0) is 23.3 Å². The average Bonchev–Trinajstić information content (AvgIpc) is 2.78. The predicted molar refractivity (Wildman–Crippen MR) is 75.4 cm³/mol. The Bertz CT molecular complexity index is 514. The van der Waals surface area contributed by atoms with Crippen LogP contribution >= 0.6 is 0 Å². The number of carbonyl (C=O) groups is 1. The summed E-state index contributed by atoms with van der Waals surface area (Å²) in [6.07, 6.45) is 0.818. The molecule has 2 nitrogen and oxygen atoms in total. The van der Waals surface area contributed by atoms with Crippen molar-refractivity contribution in [2.24, 2.45) is 16.7 Å². The van der Waals surface area contributed by atoms with Crippen LogP contribution in [0, 0.1) is 16.7 Å². The highest BCUT2D eigenvalue weighted by Gasteiger charge is 2.68. The lowest BCUT2D eigenvalue weighted by atomic mass is 9.85. The van der Waals surface area contributed by atoms with E-state index in [0.29, 0.717) is 12.4 Å². The SMILES string of the molecule is CC1(C)C(C(=O)C2CCOc3ccccc32)C1(C)C. The quantitative estimate of drug-likeness (QED) is 0.806. The van der Waals surface area contributed by atoms with Gasteiger partial charge in [0.1, 0.15) is 11.5 Å². The van der Waals surface area contributed by atoms with E-state index in [9.17, 15) is 4.79 Å². The number of benzene rings is 1. The summed E-state index contributed by atoms with van der Waals surface area (Å²) in [5, 5.41) is 0. The van der Waals surface area contributed by atoms with Gasteiger partial charge in [0.05, 0.1) is 6.61 Å². The van der Waals surface area contributed by atoms with Crippen LogP contribution in [-0.4, -0.2) is 12.4 Å². The molecule has 2 aliphatic rings. The third-order valence-corrected chi connectivity index (χ3v) is 5.61. The fraction of sp³-hybridized carbons (Fsp3) is 0.588. The van der Waals surface area contributed by atoms with Crippen molar-refractivity contribution in [2.75, 3.05) is 6.61 Å². The van der Waals surface area contributed by atoms with E-state index in [-0.39, 0.29) is 22.7 Å². The summed E-state index contributed by atoms with van der Waals surface area (Å²) in [6, 6.07) is 7.98. The van der Waals surface area contributed by atoms with Gasteiger partial charge in [-0.25, -0.2) is 0 Å². The second-order valence-corrected chi connectivity index (χ2v) is 7.01. The molecule has 1 aliphatic carbocycles. The zero-order valence-electron chi connectivity index (χ0n) is 12.2. The Morgan fingerprint density at radius 2 is 1.79 bits per heavy atom. The third-order valence-electron chi connectivity index (χ3n) is 5.61. The third kappa shape index (κ3) is 1.65. The molecule has 0 amide bonds. The number of Topliss-reactive ketones (excluding diaryl/α,β-unsaturated/α-hetero) is 1. The summed E-state index contributed by atoms with van der Waals surface area (Å²) < 4.78 is 5.66. The van der Waals surface area contributed by atoms with Crippen molar-refractivity contribution in [3.8, 4) is 5.75 Å². The van der Waals surface area contributed by atoms with Crippen molar-refractivity contribution >= 4 is 5.78 Å². The molecule has 19 heavy (non-hydrogen) atoms. The van der Waals surface area contributed by atoms with Crippen LogP contribution in [0.5, 0.6) is 5.75 Å². The van der Waals surface area contributed by atoms with Crippen LogP contribution in [0.25, 0.3) is 0 Å². The highest BCUT2D eigenvalue weighted by molar-refractivity contribution is 5.92. The smallest absolute Gasteiger partial charge is 0.144 e. The van der Waals surface area contributed by atoms with Gasteiger partial charge in [-0.2, -0.15) is 0 Å². The van der Waals surface area contributed by atoms with E-state index in [4.69, 9.17) is 4.74 Å². The van der Waals surface area contributed by atoms with E-state index in [1.54, 1.807) is 0 Å². The molecular weight excluding hydrogens is 236 g/mol. The molecule has 1 heterocycles. The number of para-hydroxylation sites is 1. The molecule has 102 valence electrons. The van der Waals surface area contributed by atoms with Crippen LogP contribution in [0.15, 0.2) is 24.3 Å².